The second-order valence-electron chi connectivity index (χ2n) is 4.79. The van der Waals surface area contributed by atoms with Crippen molar-refractivity contribution in [1.29, 1.82) is 0 Å². The quantitative estimate of drug-likeness (QED) is 0.688. The lowest BCUT2D eigenvalue weighted by Crippen LogP contribution is -2.35. The Morgan fingerprint density at radius 3 is 2.68 bits per heavy atom. The zero-order valence-corrected chi connectivity index (χ0v) is 11.7. The topological polar surface area (TPSA) is 58.5 Å². The van der Waals surface area contributed by atoms with E-state index in [9.17, 15) is 8.42 Å². The Labute approximate surface area is 117 Å². The van der Waals surface area contributed by atoms with Crippen molar-refractivity contribution in [2.45, 2.75) is 17.7 Å². The first-order chi connectivity index (χ1) is 9.06. The van der Waals surface area contributed by atoms with Crippen molar-refractivity contribution in [3.8, 4) is 0 Å². The third-order valence-corrected chi connectivity index (χ3v) is 5.07. The highest BCUT2D eigenvalue weighted by atomic mass is 35.5. The monoisotopic (exact) mass is 296 g/mol. The molecular weight excluding hydrogens is 284 g/mol. The van der Waals surface area contributed by atoms with Gasteiger partial charge in [-0.3, -0.25) is 0 Å². The zero-order valence-electron chi connectivity index (χ0n) is 10.1. The van der Waals surface area contributed by atoms with Crippen LogP contribution in [0.15, 0.2) is 46.4 Å². The van der Waals surface area contributed by atoms with Crippen LogP contribution in [0.5, 0.6) is 0 Å². The molecule has 4 nitrogen and oxygen atoms in total. The average molecular weight is 297 g/mol. The van der Waals surface area contributed by atoms with Gasteiger partial charge >= 0.3 is 0 Å². The Bertz CT molecular complexity index is 650. The molecule has 19 heavy (non-hydrogen) atoms. The first-order valence-corrected chi connectivity index (χ1v) is 7.93. The molecule has 0 amide bonds. The summed E-state index contributed by atoms with van der Waals surface area (Å²) in [6.45, 7) is 0. The van der Waals surface area contributed by atoms with Crippen LogP contribution in [0.4, 0.5) is 0 Å². The van der Waals surface area contributed by atoms with Crippen molar-refractivity contribution < 1.29 is 8.42 Å². The lowest BCUT2D eigenvalue weighted by molar-refractivity contribution is 0.463. The largest absolute Gasteiger partial charge is 0.276 e. The smallest absolute Gasteiger partial charge is 0.200 e. The van der Waals surface area contributed by atoms with Crippen LogP contribution in [0.3, 0.4) is 0 Å². The Kier molecular flexibility index (Phi) is 3.11. The van der Waals surface area contributed by atoms with Gasteiger partial charge < -0.3 is 0 Å². The molecule has 100 valence electrons. The first kappa shape index (κ1) is 12.7. The molecule has 2 aliphatic carbocycles. The normalized spacial score (nSPS) is 27.1. The van der Waals surface area contributed by atoms with E-state index in [4.69, 9.17) is 11.6 Å². The molecular formula is C13H13ClN2O2S. The SMILES string of the molecule is O=S(=O)(N/N=C1\CC2C=CCC12)c1ccc(Cl)cc1. The molecule has 0 radical (unpaired) electrons. The van der Waals surface area contributed by atoms with Gasteiger partial charge in [0, 0.05) is 16.7 Å². The van der Waals surface area contributed by atoms with Crippen LogP contribution in [-0.2, 0) is 10.0 Å². The molecule has 1 saturated carbocycles. The second kappa shape index (κ2) is 4.65. The molecule has 6 heteroatoms. The lowest BCUT2D eigenvalue weighted by atomic mass is 9.74. The van der Waals surface area contributed by atoms with Gasteiger partial charge in [-0.15, -0.1) is 0 Å². The van der Waals surface area contributed by atoms with E-state index in [1.54, 1.807) is 12.1 Å². The summed E-state index contributed by atoms with van der Waals surface area (Å²) in [6.07, 6.45) is 6.12. The van der Waals surface area contributed by atoms with Crippen LogP contribution in [0.1, 0.15) is 12.8 Å². The van der Waals surface area contributed by atoms with E-state index >= 15 is 0 Å². The van der Waals surface area contributed by atoms with Gasteiger partial charge in [-0.25, -0.2) is 4.83 Å². The third kappa shape index (κ3) is 2.40. The molecule has 1 N–H and O–H groups in total. The van der Waals surface area contributed by atoms with E-state index in [-0.39, 0.29) is 4.90 Å². The molecule has 0 bridgehead atoms. The first-order valence-electron chi connectivity index (χ1n) is 6.07. The highest BCUT2D eigenvalue weighted by Crippen LogP contribution is 2.40. The van der Waals surface area contributed by atoms with Crippen LogP contribution in [0, 0.1) is 11.8 Å². The van der Waals surface area contributed by atoms with Crippen molar-refractivity contribution in [2.24, 2.45) is 16.9 Å². The number of fused-ring (bicyclic) bond motifs is 1. The van der Waals surface area contributed by atoms with Crippen molar-refractivity contribution in [1.82, 2.24) is 4.83 Å². The Balaban J connectivity index is 1.72. The molecule has 0 spiro atoms. The molecule has 2 atom stereocenters. The molecule has 1 fully saturated rings. The van der Waals surface area contributed by atoms with Crippen LogP contribution < -0.4 is 4.83 Å². The summed E-state index contributed by atoms with van der Waals surface area (Å²) in [5.74, 6) is 0.951. The zero-order chi connectivity index (χ0) is 13.5. The van der Waals surface area contributed by atoms with E-state index in [1.165, 1.54) is 12.1 Å². The number of rotatable bonds is 3. The number of allylic oxidation sites excluding steroid dienone is 2. The number of sulfonamides is 1. The number of hydrogen-bond acceptors (Lipinski definition) is 3. The molecule has 0 heterocycles. The van der Waals surface area contributed by atoms with Gasteiger partial charge in [0.15, 0.2) is 0 Å². The van der Waals surface area contributed by atoms with Gasteiger partial charge in [0.25, 0.3) is 10.0 Å². The fraction of sp³-hybridized carbons (Fsp3) is 0.308. The number of nitrogens with one attached hydrogen (secondary N) is 1. The molecule has 1 aromatic rings. The van der Waals surface area contributed by atoms with Crippen molar-refractivity contribution in [3.05, 3.63) is 41.4 Å². The van der Waals surface area contributed by atoms with Gasteiger partial charge in [-0.2, -0.15) is 13.5 Å². The van der Waals surface area contributed by atoms with Crippen molar-refractivity contribution in [2.75, 3.05) is 0 Å². The van der Waals surface area contributed by atoms with E-state index in [2.05, 4.69) is 22.1 Å². The summed E-state index contributed by atoms with van der Waals surface area (Å²) < 4.78 is 24.0. The predicted molar refractivity (Wildman–Crippen MR) is 74.6 cm³/mol. The summed E-state index contributed by atoms with van der Waals surface area (Å²) in [5, 5.41) is 4.55. The minimum absolute atomic E-state index is 0.168. The van der Waals surface area contributed by atoms with Gasteiger partial charge in [-0.1, -0.05) is 23.8 Å². The summed E-state index contributed by atoms with van der Waals surface area (Å²) >= 11 is 5.73. The fourth-order valence-electron chi connectivity index (χ4n) is 2.45. The predicted octanol–water partition coefficient (Wildman–Crippen LogP) is 2.57. The molecule has 2 unspecified atom stereocenters. The summed E-state index contributed by atoms with van der Waals surface area (Å²) in [7, 11) is -3.59. The van der Waals surface area contributed by atoms with Crippen molar-refractivity contribution in [3.63, 3.8) is 0 Å². The minimum Gasteiger partial charge on any atom is -0.200 e. The van der Waals surface area contributed by atoms with Gasteiger partial charge in [-0.05, 0) is 43.0 Å². The molecule has 0 aliphatic heterocycles. The van der Waals surface area contributed by atoms with Gasteiger partial charge in [0.2, 0.25) is 0 Å². The van der Waals surface area contributed by atoms with E-state index < -0.39 is 10.0 Å². The summed E-state index contributed by atoms with van der Waals surface area (Å²) in [4.78, 5) is 2.47. The Morgan fingerprint density at radius 2 is 2.00 bits per heavy atom. The third-order valence-electron chi connectivity index (χ3n) is 3.60. The van der Waals surface area contributed by atoms with Crippen LogP contribution in [-0.4, -0.2) is 14.1 Å². The molecule has 0 saturated heterocycles. The second-order valence-corrected chi connectivity index (χ2v) is 6.89. The lowest BCUT2D eigenvalue weighted by Gasteiger charge is -2.31. The van der Waals surface area contributed by atoms with E-state index in [1.807, 2.05) is 0 Å². The number of hydrogen-bond donors (Lipinski definition) is 1. The summed E-state index contributed by atoms with van der Waals surface area (Å²) in [6, 6.07) is 6.02. The Morgan fingerprint density at radius 1 is 1.26 bits per heavy atom. The van der Waals surface area contributed by atoms with Crippen LogP contribution in [0.25, 0.3) is 0 Å². The molecule has 1 aromatic carbocycles. The fourth-order valence-corrected chi connectivity index (χ4v) is 3.41. The number of benzene rings is 1. The number of halogens is 1. The van der Waals surface area contributed by atoms with E-state index in [0.29, 0.717) is 16.9 Å². The van der Waals surface area contributed by atoms with Crippen LogP contribution >= 0.6 is 11.6 Å². The maximum absolute atomic E-state index is 12.0. The van der Waals surface area contributed by atoms with Crippen LogP contribution in [0.2, 0.25) is 5.02 Å². The highest BCUT2D eigenvalue weighted by molar-refractivity contribution is 7.89. The maximum Gasteiger partial charge on any atom is 0.276 e. The summed E-state index contributed by atoms with van der Waals surface area (Å²) in [5.41, 5.74) is 0.938. The number of hydrazone groups is 1. The minimum atomic E-state index is -3.59. The molecule has 2 aliphatic rings. The highest BCUT2D eigenvalue weighted by Gasteiger charge is 2.38. The Hall–Kier alpha value is -1.33. The van der Waals surface area contributed by atoms with Gasteiger partial charge in [0.05, 0.1) is 4.90 Å². The molecule has 0 aromatic heterocycles. The standard InChI is InChI=1S/C13H13ClN2O2S/c14-10-4-6-11(7-5-10)19(17,18)16-15-13-8-9-2-1-3-12(9)13/h1-2,4-7,9,12,16H,3,8H2/b15-13+. The average Bonchev–Trinajstić information content (AvgIpc) is 2.72. The van der Waals surface area contributed by atoms with Gasteiger partial charge in [0.1, 0.15) is 0 Å². The molecule has 3 rings (SSSR count). The van der Waals surface area contributed by atoms with Crippen molar-refractivity contribution >= 4 is 27.3 Å². The van der Waals surface area contributed by atoms with E-state index in [0.717, 1.165) is 18.6 Å². The maximum atomic E-state index is 12.0. The number of nitrogens with zero attached hydrogens (tertiary/aromatic N) is 1.